The summed E-state index contributed by atoms with van der Waals surface area (Å²) in [6.45, 7) is 1.54. The Morgan fingerprint density at radius 2 is 2.14 bits per heavy atom. The van der Waals surface area contributed by atoms with Crippen LogP contribution >= 0.6 is 0 Å². The first-order chi connectivity index (χ1) is 10.7. The summed E-state index contributed by atoms with van der Waals surface area (Å²) in [5.41, 5.74) is 8.04. The Morgan fingerprint density at radius 3 is 2.91 bits per heavy atom. The molecular weight excluding hydrogens is 276 g/mol. The van der Waals surface area contributed by atoms with Crippen molar-refractivity contribution in [1.82, 2.24) is 14.7 Å². The smallest absolute Gasteiger partial charge is 0.222 e. The zero-order chi connectivity index (χ0) is 15.4. The number of aromatic nitrogens is 2. The van der Waals surface area contributed by atoms with Gasteiger partial charge in [-0.25, -0.2) is 4.68 Å². The van der Waals surface area contributed by atoms with Crippen LogP contribution in [0.1, 0.15) is 24.8 Å². The molecule has 0 aliphatic carbocycles. The van der Waals surface area contributed by atoms with E-state index in [1.54, 1.807) is 0 Å². The van der Waals surface area contributed by atoms with Crippen molar-refractivity contribution < 1.29 is 4.79 Å². The number of hydrogen-bond donors (Lipinski definition) is 1. The molecule has 0 bridgehead atoms. The third kappa shape index (κ3) is 3.54. The largest absolute Gasteiger partial charge is 0.341 e. The van der Waals surface area contributed by atoms with Gasteiger partial charge in [-0.1, -0.05) is 18.2 Å². The predicted molar refractivity (Wildman–Crippen MR) is 85.7 cm³/mol. The van der Waals surface area contributed by atoms with E-state index in [0.29, 0.717) is 13.0 Å². The highest BCUT2D eigenvalue weighted by atomic mass is 16.2. The third-order valence-electron chi connectivity index (χ3n) is 4.09. The number of carbonyl (C=O) groups excluding carboxylic acids is 1. The summed E-state index contributed by atoms with van der Waals surface area (Å²) >= 11 is 0. The fraction of sp³-hybridized carbons (Fsp3) is 0.412. The normalized spacial score (nSPS) is 18.4. The highest BCUT2D eigenvalue weighted by Crippen LogP contribution is 2.12. The first-order valence-corrected chi connectivity index (χ1v) is 7.85. The molecule has 5 heteroatoms. The SMILES string of the molecule is NC1CCCN(C(=O)CCc2cnn(-c3ccccc3)c2)C1. The van der Waals surface area contributed by atoms with Gasteiger partial charge >= 0.3 is 0 Å². The molecule has 0 spiro atoms. The number of carbonyl (C=O) groups is 1. The monoisotopic (exact) mass is 298 g/mol. The molecule has 5 nitrogen and oxygen atoms in total. The number of aryl methyl sites for hydroxylation is 1. The topological polar surface area (TPSA) is 64.2 Å². The number of hydrogen-bond acceptors (Lipinski definition) is 3. The molecule has 1 amide bonds. The van der Waals surface area contributed by atoms with Gasteiger partial charge in [0.1, 0.15) is 0 Å². The van der Waals surface area contributed by atoms with Crippen molar-refractivity contribution >= 4 is 5.91 Å². The molecule has 1 aromatic carbocycles. The van der Waals surface area contributed by atoms with Crippen molar-refractivity contribution in [2.45, 2.75) is 31.7 Å². The fourth-order valence-electron chi connectivity index (χ4n) is 2.86. The van der Waals surface area contributed by atoms with Gasteiger partial charge in [0.05, 0.1) is 11.9 Å². The molecule has 1 saturated heterocycles. The summed E-state index contributed by atoms with van der Waals surface area (Å²) in [4.78, 5) is 14.1. The molecule has 3 rings (SSSR count). The van der Waals surface area contributed by atoms with Crippen LogP contribution in [0.2, 0.25) is 0 Å². The number of nitrogens with two attached hydrogens (primary N) is 1. The van der Waals surface area contributed by atoms with Crippen LogP contribution in [0, 0.1) is 0 Å². The van der Waals surface area contributed by atoms with E-state index in [9.17, 15) is 4.79 Å². The predicted octanol–water partition coefficient (Wildman–Crippen LogP) is 1.75. The Bertz CT molecular complexity index is 623. The van der Waals surface area contributed by atoms with Gasteiger partial charge in [-0.05, 0) is 37.0 Å². The maximum Gasteiger partial charge on any atom is 0.222 e. The summed E-state index contributed by atoms with van der Waals surface area (Å²) in [6, 6.07) is 10.1. The number of piperidine rings is 1. The van der Waals surface area contributed by atoms with Crippen molar-refractivity contribution in [1.29, 1.82) is 0 Å². The number of nitrogens with zero attached hydrogens (tertiary/aromatic N) is 3. The fourth-order valence-corrected chi connectivity index (χ4v) is 2.86. The van der Waals surface area contributed by atoms with Crippen molar-refractivity contribution in [3.05, 3.63) is 48.3 Å². The Labute approximate surface area is 130 Å². The quantitative estimate of drug-likeness (QED) is 0.935. The standard InChI is InChI=1S/C17H22N4O/c18-15-5-4-10-20(13-15)17(22)9-8-14-11-19-21(12-14)16-6-2-1-3-7-16/h1-3,6-7,11-12,15H,4-5,8-10,13,18H2. The van der Waals surface area contributed by atoms with Gasteiger partial charge < -0.3 is 10.6 Å². The van der Waals surface area contributed by atoms with E-state index < -0.39 is 0 Å². The van der Waals surface area contributed by atoms with Crippen molar-refractivity contribution in [3.8, 4) is 5.69 Å². The van der Waals surface area contributed by atoms with Crippen molar-refractivity contribution in [2.75, 3.05) is 13.1 Å². The first-order valence-electron chi connectivity index (χ1n) is 7.85. The molecule has 1 aromatic heterocycles. The van der Waals surface area contributed by atoms with Gasteiger partial charge in [-0.15, -0.1) is 0 Å². The number of para-hydroxylation sites is 1. The molecular formula is C17H22N4O. The van der Waals surface area contributed by atoms with E-state index >= 15 is 0 Å². The zero-order valence-corrected chi connectivity index (χ0v) is 12.7. The molecule has 0 radical (unpaired) electrons. The molecule has 1 aliphatic heterocycles. The molecule has 0 saturated carbocycles. The molecule has 1 unspecified atom stereocenters. The number of likely N-dealkylation sites (tertiary alicyclic amines) is 1. The number of amides is 1. The molecule has 1 aliphatic rings. The van der Waals surface area contributed by atoms with Gasteiger partial charge in [0, 0.05) is 31.7 Å². The van der Waals surface area contributed by atoms with Crippen molar-refractivity contribution in [2.24, 2.45) is 5.73 Å². The Hall–Kier alpha value is -2.14. The molecule has 1 atom stereocenters. The average Bonchev–Trinajstić information content (AvgIpc) is 3.02. The van der Waals surface area contributed by atoms with E-state index in [1.807, 2.05) is 52.3 Å². The van der Waals surface area contributed by atoms with Crippen molar-refractivity contribution in [3.63, 3.8) is 0 Å². The maximum atomic E-state index is 12.2. The van der Waals surface area contributed by atoms with Crippen LogP contribution < -0.4 is 5.73 Å². The van der Waals surface area contributed by atoms with Crippen LogP contribution in [-0.2, 0) is 11.2 Å². The van der Waals surface area contributed by atoms with Gasteiger partial charge in [0.15, 0.2) is 0 Å². The second-order valence-corrected chi connectivity index (χ2v) is 5.87. The molecule has 2 N–H and O–H groups in total. The summed E-state index contributed by atoms with van der Waals surface area (Å²) in [5, 5.41) is 4.36. The van der Waals surface area contributed by atoms with Crippen LogP contribution in [0.25, 0.3) is 5.69 Å². The molecule has 2 aromatic rings. The Morgan fingerprint density at radius 1 is 1.32 bits per heavy atom. The van der Waals surface area contributed by atoms with E-state index in [0.717, 1.165) is 37.1 Å². The van der Waals surface area contributed by atoms with E-state index in [2.05, 4.69) is 5.10 Å². The molecule has 1 fully saturated rings. The highest BCUT2D eigenvalue weighted by Gasteiger charge is 2.20. The van der Waals surface area contributed by atoms with E-state index in [4.69, 9.17) is 5.73 Å². The van der Waals surface area contributed by atoms with E-state index in [-0.39, 0.29) is 11.9 Å². The van der Waals surface area contributed by atoms with Crippen LogP contribution in [0.4, 0.5) is 0 Å². The van der Waals surface area contributed by atoms with Crippen LogP contribution in [0.15, 0.2) is 42.7 Å². The summed E-state index contributed by atoms with van der Waals surface area (Å²) in [6.07, 6.45) is 7.10. The van der Waals surface area contributed by atoms with E-state index in [1.165, 1.54) is 0 Å². The summed E-state index contributed by atoms with van der Waals surface area (Å²) in [5.74, 6) is 0.197. The first kappa shape index (κ1) is 14.8. The van der Waals surface area contributed by atoms with Gasteiger partial charge in [-0.2, -0.15) is 5.10 Å². The number of benzene rings is 1. The van der Waals surface area contributed by atoms with Crippen LogP contribution in [-0.4, -0.2) is 39.7 Å². The van der Waals surface area contributed by atoms with Gasteiger partial charge in [-0.3, -0.25) is 4.79 Å². The Balaban J connectivity index is 1.56. The lowest BCUT2D eigenvalue weighted by Gasteiger charge is -2.30. The minimum absolute atomic E-state index is 0.138. The molecule has 2 heterocycles. The number of rotatable bonds is 4. The van der Waals surface area contributed by atoms with Gasteiger partial charge in [0.25, 0.3) is 0 Å². The lowest BCUT2D eigenvalue weighted by atomic mass is 10.1. The highest BCUT2D eigenvalue weighted by molar-refractivity contribution is 5.76. The Kier molecular flexibility index (Phi) is 4.53. The summed E-state index contributed by atoms with van der Waals surface area (Å²) < 4.78 is 1.84. The summed E-state index contributed by atoms with van der Waals surface area (Å²) in [7, 11) is 0. The minimum atomic E-state index is 0.138. The third-order valence-corrected chi connectivity index (χ3v) is 4.09. The second kappa shape index (κ2) is 6.75. The maximum absolute atomic E-state index is 12.2. The lowest BCUT2D eigenvalue weighted by Crippen LogP contribution is -2.45. The average molecular weight is 298 g/mol. The second-order valence-electron chi connectivity index (χ2n) is 5.87. The zero-order valence-electron chi connectivity index (χ0n) is 12.7. The van der Waals surface area contributed by atoms with Crippen LogP contribution in [0.5, 0.6) is 0 Å². The molecule has 116 valence electrons. The minimum Gasteiger partial charge on any atom is -0.341 e. The molecule has 22 heavy (non-hydrogen) atoms. The van der Waals surface area contributed by atoms with Gasteiger partial charge in [0.2, 0.25) is 5.91 Å². The lowest BCUT2D eigenvalue weighted by molar-refractivity contribution is -0.132. The van der Waals surface area contributed by atoms with Crippen LogP contribution in [0.3, 0.4) is 0 Å².